The largest absolute Gasteiger partial charge is 0.508 e. The van der Waals surface area contributed by atoms with Gasteiger partial charge in [0.05, 0.1) is 10.9 Å². The summed E-state index contributed by atoms with van der Waals surface area (Å²) in [5, 5.41) is 41.1. The number of hydrogen-bond donors (Lipinski definition) is 4. The first-order valence-corrected chi connectivity index (χ1v) is 9.99. The molecule has 0 radical (unpaired) electrons. The van der Waals surface area contributed by atoms with Crippen LogP contribution in [0.2, 0.25) is 0 Å². The van der Waals surface area contributed by atoms with Crippen molar-refractivity contribution >= 4 is 11.0 Å². The molecule has 0 atom stereocenters. The lowest BCUT2D eigenvalue weighted by molar-refractivity contribution is 0.391. The van der Waals surface area contributed by atoms with Crippen molar-refractivity contribution in [2.45, 2.75) is 40.0 Å². The van der Waals surface area contributed by atoms with E-state index in [4.69, 9.17) is 4.42 Å². The van der Waals surface area contributed by atoms with Crippen LogP contribution in [0.4, 0.5) is 0 Å². The molecule has 162 valence electrons. The van der Waals surface area contributed by atoms with Crippen LogP contribution < -0.4 is 5.43 Å². The second kappa shape index (κ2) is 9.00. The zero-order valence-electron chi connectivity index (χ0n) is 17.8. The van der Waals surface area contributed by atoms with Gasteiger partial charge in [0.1, 0.15) is 23.3 Å². The van der Waals surface area contributed by atoms with Gasteiger partial charge in [-0.2, -0.15) is 0 Å². The fourth-order valence-corrected chi connectivity index (χ4v) is 3.37. The van der Waals surface area contributed by atoms with Crippen LogP contribution in [0.1, 0.15) is 39.2 Å². The average Bonchev–Trinajstić information content (AvgIpc) is 2.71. The van der Waals surface area contributed by atoms with Gasteiger partial charge in [-0.25, -0.2) is 0 Å². The summed E-state index contributed by atoms with van der Waals surface area (Å²) in [4.78, 5) is 12.9. The van der Waals surface area contributed by atoms with Crippen molar-refractivity contribution in [2.24, 2.45) is 0 Å². The number of rotatable bonds is 6. The molecule has 1 aromatic heterocycles. The van der Waals surface area contributed by atoms with Crippen molar-refractivity contribution in [3.05, 3.63) is 69.6 Å². The summed E-state index contributed by atoms with van der Waals surface area (Å²) < 4.78 is 5.45. The van der Waals surface area contributed by atoms with E-state index in [1.807, 2.05) is 26.8 Å². The number of fused-ring (bicyclic) bond motifs is 1. The Morgan fingerprint density at radius 3 is 2.42 bits per heavy atom. The van der Waals surface area contributed by atoms with Gasteiger partial charge >= 0.3 is 0 Å². The molecule has 3 aromatic rings. The molecule has 4 N–H and O–H groups in total. The van der Waals surface area contributed by atoms with Gasteiger partial charge in [0.15, 0.2) is 11.5 Å². The zero-order valence-corrected chi connectivity index (χ0v) is 17.8. The highest BCUT2D eigenvalue weighted by Crippen LogP contribution is 2.43. The molecule has 0 aliphatic carbocycles. The summed E-state index contributed by atoms with van der Waals surface area (Å²) >= 11 is 0. The van der Waals surface area contributed by atoms with Gasteiger partial charge in [0.25, 0.3) is 0 Å². The van der Waals surface area contributed by atoms with Crippen molar-refractivity contribution in [1.29, 1.82) is 0 Å². The molecule has 0 aliphatic rings. The summed E-state index contributed by atoms with van der Waals surface area (Å²) in [5.41, 5.74) is 2.31. The van der Waals surface area contributed by atoms with Gasteiger partial charge in [0, 0.05) is 17.2 Å². The van der Waals surface area contributed by atoms with E-state index in [0.29, 0.717) is 0 Å². The highest BCUT2D eigenvalue weighted by Gasteiger charge is 2.20. The van der Waals surface area contributed by atoms with Gasteiger partial charge in [-0.15, -0.1) is 0 Å². The van der Waals surface area contributed by atoms with Gasteiger partial charge < -0.3 is 24.8 Å². The van der Waals surface area contributed by atoms with Gasteiger partial charge in [-0.1, -0.05) is 23.3 Å². The van der Waals surface area contributed by atoms with Crippen LogP contribution in [0.25, 0.3) is 22.1 Å². The Hall–Kier alpha value is -3.67. The molecule has 2 aromatic carbocycles. The minimum atomic E-state index is -0.441. The lowest BCUT2D eigenvalue weighted by Gasteiger charge is -2.13. The monoisotopic (exact) mass is 422 g/mol. The fraction of sp³-hybridized carbons (Fsp3) is 0.240. The van der Waals surface area contributed by atoms with Gasteiger partial charge in [-0.3, -0.25) is 4.79 Å². The van der Waals surface area contributed by atoms with E-state index in [-0.39, 0.29) is 45.6 Å². The molecule has 6 heteroatoms. The molecular weight excluding hydrogens is 396 g/mol. The van der Waals surface area contributed by atoms with Crippen molar-refractivity contribution in [1.82, 2.24) is 0 Å². The van der Waals surface area contributed by atoms with Crippen LogP contribution in [-0.4, -0.2) is 20.4 Å². The van der Waals surface area contributed by atoms with E-state index < -0.39 is 16.9 Å². The van der Waals surface area contributed by atoms with Crippen LogP contribution in [0.3, 0.4) is 0 Å². The molecule has 0 fully saturated rings. The quantitative estimate of drug-likeness (QED) is 0.237. The van der Waals surface area contributed by atoms with Crippen LogP contribution in [0.15, 0.2) is 63.0 Å². The van der Waals surface area contributed by atoms with Crippen molar-refractivity contribution in [3.63, 3.8) is 0 Å². The van der Waals surface area contributed by atoms with Crippen LogP contribution in [0.5, 0.6) is 23.0 Å². The molecule has 0 spiro atoms. The minimum Gasteiger partial charge on any atom is -0.508 e. The van der Waals surface area contributed by atoms with Crippen molar-refractivity contribution < 1.29 is 24.8 Å². The third-order valence-corrected chi connectivity index (χ3v) is 5.14. The maximum Gasteiger partial charge on any atom is 0.200 e. The maximum absolute atomic E-state index is 12.9. The molecule has 0 aliphatic heterocycles. The molecular formula is C25H26O6. The number of benzene rings is 2. The second-order valence-corrected chi connectivity index (χ2v) is 7.85. The number of phenols is 4. The third-order valence-electron chi connectivity index (χ3n) is 5.14. The van der Waals surface area contributed by atoms with E-state index in [1.165, 1.54) is 30.0 Å². The van der Waals surface area contributed by atoms with E-state index >= 15 is 0 Å². The van der Waals surface area contributed by atoms with E-state index in [1.54, 1.807) is 0 Å². The number of aromatic hydroxyl groups is 4. The third kappa shape index (κ3) is 4.74. The SMILES string of the molecule is CC(C)=CCC/C(C)=C/Cc1c(O)c(O)cc(-c2coc3cc(O)ccc3c2=O)c1O. The molecule has 6 nitrogen and oxygen atoms in total. The number of phenolic OH excluding ortho intramolecular Hbond substituents is 4. The molecule has 0 unspecified atom stereocenters. The highest BCUT2D eigenvalue weighted by molar-refractivity contribution is 5.85. The Labute approximate surface area is 180 Å². The van der Waals surface area contributed by atoms with Crippen molar-refractivity contribution in [3.8, 4) is 34.1 Å². The lowest BCUT2D eigenvalue weighted by Crippen LogP contribution is -2.05. The molecule has 0 saturated carbocycles. The summed E-state index contributed by atoms with van der Waals surface area (Å²) in [7, 11) is 0. The molecule has 3 rings (SSSR count). The number of hydrogen-bond acceptors (Lipinski definition) is 6. The molecule has 0 bridgehead atoms. The molecule has 31 heavy (non-hydrogen) atoms. The summed E-state index contributed by atoms with van der Waals surface area (Å²) in [6.07, 6.45) is 7.09. The van der Waals surface area contributed by atoms with Gasteiger partial charge in [0.2, 0.25) is 5.43 Å². The molecule has 1 heterocycles. The predicted molar refractivity (Wildman–Crippen MR) is 121 cm³/mol. The first-order valence-electron chi connectivity index (χ1n) is 9.99. The predicted octanol–water partition coefficient (Wildman–Crippen LogP) is 5.52. The Morgan fingerprint density at radius 2 is 1.71 bits per heavy atom. The van der Waals surface area contributed by atoms with Crippen molar-refractivity contribution in [2.75, 3.05) is 0 Å². The smallest absolute Gasteiger partial charge is 0.200 e. The Bertz CT molecular complexity index is 1240. The lowest BCUT2D eigenvalue weighted by atomic mass is 9.97. The summed E-state index contributed by atoms with van der Waals surface area (Å²) in [5.74, 6) is -1.20. The normalized spacial score (nSPS) is 11.6. The first-order chi connectivity index (χ1) is 14.7. The average molecular weight is 422 g/mol. The second-order valence-electron chi connectivity index (χ2n) is 7.85. The number of allylic oxidation sites excluding steroid dienone is 4. The summed E-state index contributed by atoms with van der Waals surface area (Å²) in [6.45, 7) is 6.04. The zero-order chi connectivity index (χ0) is 22.7. The first kappa shape index (κ1) is 22.0. The molecule has 0 saturated heterocycles. The van der Waals surface area contributed by atoms with Crippen LogP contribution >= 0.6 is 0 Å². The van der Waals surface area contributed by atoms with E-state index in [9.17, 15) is 25.2 Å². The standard InChI is InChI=1S/C25H26O6/c1-14(2)5-4-6-15(3)7-9-18-24(29)19(12-21(27)25(18)30)20-13-31-22-11-16(26)8-10-17(22)23(20)28/h5,7-8,10-13,26-27,29-30H,4,6,9H2,1-3H3/b15-7+. The molecule has 0 amide bonds. The highest BCUT2D eigenvalue weighted by atomic mass is 16.3. The minimum absolute atomic E-state index is 0.0384. The fourth-order valence-electron chi connectivity index (χ4n) is 3.37. The maximum atomic E-state index is 12.9. The topological polar surface area (TPSA) is 111 Å². The van der Waals surface area contributed by atoms with Gasteiger partial charge in [-0.05, 0) is 58.2 Å². The van der Waals surface area contributed by atoms with E-state index in [2.05, 4.69) is 6.08 Å². The Balaban J connectivity index is 2.02. The van der Waals surface area contributed by atoms with Crippen LogP contribution in [0, 0.1) is 0 Å². The van der Waals surface area contributed by atoms with Crippen LogP contribution in [-0.2, 0) is 6.42 Å². The van der Waals surface area contributed by atoms with E-state index in [0.717, 1.165) is 24.5 Å². The summed E-state index contributed by atoms with van der Waals surface area (Å²) in [6, 6.07) is 5.25. The Kier molecular flexibility index (Phi) is 6.39. The Morgan fingerprint density at radius 1 is 0.968 bits per heavy atom.